The third-order valence-electron chi connectivity index (χ3n) is 4.39. The minimum atomic E-state index is -0.471. The fourth-order valence-corrected chi connectivity index (χ4v) is 3.14. The van der Waals surface area contributed by atoms with Crippen LogP contribution in [-0.4, -0.2) is 28.8 Å². The third kappa shape index (κ3) is 2.09. The van der Waals surface area contributed by atoms with Crippen LogP contribution in [0.3, 0.4) is 0 Å². The van der Waals surface area contributed by atoms with Gasteiger partial charge in [-0.15, -0.1) is 0 Å². The second-order valence-corrected chi connectivity index (χ2v) is 5.76. The number of nitrogens with one attached hydrogen (secondary N) is 1. The highest BCUT2D eigenvalue weighted by atomic mass is 16.2. The lowest BCUT2D eigenvalue weighted by atomic mass is 9.99. The Kier molecular flexibility index (Phi) is 3.24. The molecule has 1 heterocycles. The molecule has 2 amide bonds. The average molecular weight is 272 g/mol. The zero-order valence-corrected chi connectivity index (χ0v) is 11.9. The van der Waals surface area contributed by atoms with Crippen molar-refractivity contribution in [3.8, 4) is 0 Å². The molecule has 4 heteroatoms. The Bertz CT molecular complexity index is 529. The normalized spacial score (nSPS) is 33.0. The van der Waals surface area contributed by atoms with Crippen LogP contribution in [0.4, 0.5) is 0 Å². The Morgan fingerprint density at radius 2 is 1.95 bits per heavy atom. The number of carbonyl (C=O) groups is 2. The van der Waals surface area contributed by atoms with Gasteiger partial charge in [-0.25, -0.2) is 0 Å². The van der Waals surface area contributed by atoms with Crippen molar-refractivity contribution in [3.05, 3.63) is 35.9 Å². The van der Waals surface area contributed by atoms with Gasteiger partial charge in [0, 0.05) is 6.04 Å². The van der Waals surface area contributed by atoms with Gasteiger partial charge in [0.25, 0.3) is 0 Å². The van der Waals surface area contributed by atoms with Gasteiger partial charge < -0.3 is 10.2 Å². The summed E-state index contributed by atoms with van der Waals surface area (Å²) in [6, 6.07) is 8.92. The summed E-state index contributed by atoms with van der Waals surface area (Å²) in [5, 5.41) is 2.79. The summed E-state index contributed by atoms with van der Waals surface area (Å²) in [4.78, 5) is 26.7. The lowest BCUT2D eigenvalue weighted by Crippen LogP contribution is -2.59. The summed E-state index contributed by atoms with van der Waals surface area (Å²) in [6.07, 6.45) is 2.08. The standard InChI is InChI=1S/C16H20N2O2/c1-3-11-9-13(11)18-14(12-7-5-4-6-8-12)15(19)17-10(2)16(18)20/h4-8,10-11,13-14H,3,9H2,1-2H3,(H,17,19). The van der Waals surface area contributed by atoms with Crippen LogP contribution in [-0.2, 0) is 9.59 Å². The number of hydrogen-bond acceptors (Lipinski definition) is 2. The zero-order valence-electron chi connectivity index (χ0n) is 11.9. The zero-order chi connectivity index (χ0) is 14.3. The van der Waals surface area contributed by atoms with Crippen molar-refractivity contribution in [1.29, 1.82) is 0 Å². The number of carbonyl (C=O) groups excluding carboxylic acids is 2. The van der Waals surface area contributed by atoms with Gasteiger partial charge in [0.15, 0.2) is 0 Å². The molecule has 1 aliphatic carbocycles. The summed E-state index contributed by atoms with van der Waals surface area (Å²) in [5.41, 5.74) is 0.895. The number of hydrogen-bond donors (Lipinski definition) is 1. The molecule has 20 heavy (non-hydrogen) atoms. The first-order valence-corrected chi connectivity index (χ1v) is 7.31. The van der Waals surface area contributed by atoms with E-state index in [2.05, 4.69) is 12.2 Å². The predicted molar refractivity (Wildman–Crippen MR) is 75.8 cm³/mol. The molecular formula is C16H20N2O2. The van der Waals surface area contributed by atoms with Crippen LogP contribution in [0, 0.1) is 5.92 Å². The molecule has 4 unspecified atom stereocenters. The van der Waals surface area contributed by atoms with Crippen LogP contribution < -0.4 is 5.32 Å². The SMILES string of the molecule is CCC1CC1N1C(=O)C(C)NC(=O)C1c1ccccc1. The van der Waals surface area contributed by atoms with E-state index in [1.54, 1.807) is 6.92 Å². The molecule has 2 fully saturated rings. The molecule has 1 saturated carbocycles. The van der Waals surface area contributed by atoms with Crippen LogP contribution in [0.2, 0.25) is 0 Å². The molecule has 2 aliphatic rings. The Hall–Kier alpha value is -1.84. The fraction of sp³-hybridized carbons (Fsp3) is 0.500. The molecule has 4 nitrogen and oxygen atoms in total. The monoisotopic (exact) mass is 272 g/mol. The number of amides is 2. The van der Waals surface area contributed by atoms with Gasteiger partial charge in [-0.3, -0.25) is 9.59 Å². The third-order valence-corrected chi connectivity index (χ3v) is 4.39. The molecule has 3 rings (SSSR count). The molecule has 1 saturated heterocycles. The molecule has 0 radical (unpaired) electrons. The highest BCUT2D eigenvalue weighted by molar-refractivity contribution is 5.97. The number of benzene rings is 1. The maximum absolute atomic E-state index is 12.5. The number of piperazine rings is 1. The van der Waals surface area contributed by atoms with Gasteiger partial charge in [-0.2, -0.15) is 0 Å². The van der Waals surface area contributed by atoms with Crippen molar-refractivity contribution < 1.29 is 9.59 Å². The van der Waals surface area contributed by atoms with Crippen molar-refractivity contribution in [3.63, 3.8) is 0 Å². The van der Waals surface area contributed by atoms with Gasteiger partial charge >= 0.3 is 0 Å². The van der Waals surface area contributed by atoms with Crippen molar-refractivity contribution in [2.45, 2.75) is 44.8 Å². The molecule has 1 aliphatic heterocycles. The van der Waals surface area contributed by atoms with Crippen LogP contribution in [0.25, 0.3) is 0 Å². The lowest BCUT2D eigenvalue weighted by Gasteiger charge is -2.38. The summed E-state index contributed by atoms with van der Waals surface area (Å²) in [6.45, 7) is 3.90. The van der Waals surface area contributed by atoms with E-state index in [1.807, 2.05) is 35.2 Å². The Morgan fingerprint density at radius 1 is 1.25 bits per heavy atom. The molecule has 0 bridgehead atoms. The molecule has 1 aromatic carbocycles. The number of nitrogens with zero attached hydrogens (tertiary/aromatic N) is 1. The minimum Gasteiger partial charge on any atom is -0.342 e. The highest BCUT2D eigenvalue weighted by Gasteiger charge is 2.50. The van der Waals surface area contributed by atoms with Gasteiger partial charge in [0.2, 0.25) is 11.8 Å². The Balaban J connectivity index is 1.95. The van der Waals surface area contributed by atoms with E-state index in [0.717, 1.165) is 18.4 Å². The van der Waals surface area contributed by atoms with E-state index in [1.165, 1.54) is 0 Å². The average Bonchev–Trinajstić information content (AvgIpc) is 3.22. The molecule has 106 valence electrons. The van der Waals surface area contributed by atoms with Crippen LogP contribution in [0.15, 0.2) is 30.3 Å². The van der Waals surface area contributed by atoms with E-state index in [9.17, 15) is 9.59 Å². The molecule has 4 atom stereocenters. The van der Waals surface area contributed by atoms with E-state index in [0.29, 0.717) is 5.92 Å². The summed E-state index contributed by atoms with van der Waals surface area (Å²) < 4.78 is 0. The fourth-order valence-electron chi connectivity index (χ4n) is 3.14. The first kappa shape index (κ1) is 13.2. The van der Waals surface area contributed by atoms with Crippen LogP contribution in [0.5, 0.6) is 0 Å². The maximum Gasteiger partial charge on any atom is 0.248 e. The predicted octanol–water partition coefficient (Wildman–Crippen LogP) is 1.87. The van der Waals surface area contributed by atoms with Crippen molar-refractivity contribution in [2.75, 3.05) is 0 Å². The van der Waals surface area contributed by atoms with Gasteiger partial charge in [-0.1, -0.05) is 43.7 Å². The van der Waals surface area contributed by atoms with Crippen LogP contribution >= 0.6 is 0 Å². The molecule has 0 aromatic heterocycles. The molecule has 0 spiro atoms. The van der Waals surface area contributed by atoms with Gasteiger partial charge in [0.05, 0.1) is 0 Å². The smallest absolute Gasteiger partial charge is 0.248 e. The van der Waals surface area contributed by atoms with E-state index in [-0.39, 0.29) is 17.9 Å². The Morgan fingerprint density at radius 3 is 2.55 bits per heavy atom. The molecule has 1 aromatic rings. The van der Waals surface area contributed by atoms with Gasteiger partial charge in [-0.05, 0) is 24.8 Å². The van der Waals surface area contributed by atoms with E-state index in [4.69, 9.17) is 0 Å². The molecular weight excluding hydrogens is 252 g/mol. The largest absolute Gasteiger partial charge is 0.342 e. The second kappa shape index (κ2) is 4.93. The minimum absolute atomic E-state index is 0.0411. The van der Waals surface area contributed by atoms with E-state index >= 15 is 0 Å². The first-order chi connectivity index (χ1) is 9.63. The molecule has 1 N–H and O–H groups in total. The van der Waals surface area contributed by atoms with Crippen LogP contribution in [0.1, 0.15) is 38.3 Å². The van der Waals surface area contributed by atoms with E-state index < -0.39 is 12.1 Å². The highest BCUT2D eigenvalue weighted by Crippen LogP contribution is 2.43. The van der Waals surface area contributed by atoms with Gasteiger partial charge in [0.1, 0.15) is 12.1 Å². The van der Waals surface area contributed by atoms with Crippen molar-refractivity contribution in [2.24, 2.45) is 5.92 Å². The Labute approximate surface area is 119 Å². The van der Waals surface area contributed by atoms with Crippen molar-refractivity contribution >= 4 is 11.8 Å². The topological polar surface area (TPSA) is 49.4 Å². The lowest BCUT2D eigenvalue weighted by molar-refractivity contribution is -0.150. The quantitative estimate of drug-likeness (QED) is 0.913. The summed E-state index contributed by atoms with van der Waals surface area (Å²) in [5.74, 6) is 0.521. The second-order valence-electron chi connectivity index (χ2n) is 5.76. The first-order valence-electron chi connectivity index (χ1n) is 7.31. The maximum atomic E-state index is 12.5. The summed E-state index contributed by atoms with van der Waals surface area (Å²) in [7, 11) is 0. The number of rotatable bonds is 3. The van der Waals surface area contributed by atoms with Crippen molar-refractivity contribution in [1.82, 2.24) is 10.2 Å². The summed E-state index contributed by atoms with van der Waals surface area (Å²) >= 11 is 0.